The third kappa shape index (κ3) is 5.51. The fourth-order valence-electron chi connectivity index (χ4n) is 0.744. The van der Waals surface area contributed by atoms with E-state index < -0.39 is 6.10 Å². The van der Waals surface area contributed by atoms with Crippen LogP contribution in [0.25, 0.3) is 0 Å². The molecule has 10 heavy (non-hydrogen) atoms. The monoisotopic (exact) mass is 142 g/mol. The maximum atomic E-state index is 10.4. The highest BCUT2D eigenvalue weighted by Crippen LogP contribution is 2.01. The lowest BCUT2D eigenvalue weighted by molar-refractivity contribution is -0.118. The van der Waals surface area contributed by atoms with E-state index in [4.69, 9.17) is 5.11 Å². The molecule has 58 valence electrons. The molecular weight excluding hydrogens is 128 g/mol. The Hall–Kier alpha value is -0.630. The standard InChI is InChI=1S/C8H14O2/c1-3-4-5-8(10)6-7(2)9/h3,8,10H,1,4-6H2,2H3/t8-/m1/s1. The number of allylic oxidation sites excluding steroid dienone is 1. The van der Waals surface area contributed by atoms with Crippen LogP contribution in [-0.2, 0) is 4.79 Å². The van der Waals surface area contributed by atoms with Gasteiger partial charge < -0.3 is 5.11 Å². The van der Waals surface area contributed by atoms with Crippen LogP contribution in [0.15, 0.2) is 12.7 Å². The maximum Gasteiger partial charge on any atom is 0.132 e. The predicted octanol–water partition coefficient (Wildman–Crippen LogP) is 1.29. The van der Waals surface area contributed by atoms with Crippen molar-refractivity contribution >= 4 is 5.78 Å². The fourth-order valence-corrected chi connectivity index (χ4v) is 0.744. The lowest BCUT2D eigenvalue weighted by Gasteiger charge is -2.04. The van der Waals surface area contributed by atoms with Gasteiger partial charge in [0.05, 0.1) is 6.10 Å². The lowest BCUT2D eigenvalue weighted by atomic mass is 10.1. The van der Waals surface area contributed by atoms with Crippen LogP contribution in [0.3, 0.4) is 0 Å². The number of carbonyl (C=O) groups excluding carboxylic acids is 1. The van der Waals surface area contributed by atoms with Crippen LogP contribution in [0.1, 0.15) is 26.2 Å². The van der Waals surface area contributed by atoms with Crippen molar-refractivity contribution in [3.63, 3.8) is 0 Å². The topological polar surface area (TPSA) is 37.3 Å². The van der Waals surface area contributed by atoms with E-state index in [0.29, 0.717) is 6.42 Å². The van der Waals surface area contributed by atoms with Crippen molar-refractivity contribution in [3.05, 3.63) is 12.7 Å². The molecule has 0 spiro atoms. The molecule has 0 heterocycles. The van der Waals surface area contributed by atoms with E-state index >= 15 is 0 Å². The van der Waals surface area contributed by atoms with Gasteiger partial charge in [-0.2, -0.15) is 0 Å². The van der Waals surface area contributed by atoms with Crippen LogP contribution >= 0.6 is 0 Å². The Morgan fingerprint density at radius 3 is 2.80 bits per heavy atom. The molecule has 0 unspecified atom stereocenters. The molecule has 0 bridgehead atoms. The first-order chi connectivity index (χ1) is 4.66. The summed E-state index contributed by atoms with van der Waals surface area (Å²) in [7, 11) is 0. The zero-order chi connectivity index (χ0) is 7.98. The van der Waals surface area contributed by atoms with Gasteiger partial charge in [0.2, 0.25) is 0 Å². The second-order valence-corrected chi connectivity index (χ2v) is 2.43. The zero-order valence-electron chi connectivity index (χ0n) is 6.34. The number of ketones is 1. The molecule has 0 aromatic carbocycles. The maximum absolute atomic E-state index is 10.4. The number of rotatable bonds is 5. The summed E-state index contributed by atoms with van der Waals surface area (Å²) >= 11 is 0. The number of aliphatic hydroxyl groups is 1. The first-order valence-electron chi connectivity index (χ1n) is 3.45. The van der Waals surface area contributed by atoms with E-state index in [0.717, 1.165) is 6.42 Å². The highest BCUT2D eigenvalue weighted by molar-refractivity contribution is 5.75. The predicted molar refractivity (Wildman–Crippen MR) is 40.7 cm³/mol. The van der Waals surface area contributed by atoms with Crippen molar-refractivity contribution in [2.24, 2.45) is 0 Å². The molecule has 0 aliphatic heterocycles. The number of carbonyl (C=O) groups is 1. The molecule has 0 saturated carbocycles. The minimum Gasteiger partial charge on any atom is -0.393 e. The van der Waals surface area contributed by atoms with E-state index in [2.05, 4.69) is 6.58 Å². The van der Waals surface area contributed by atoms with Crippen molar-refractivity contribution in [2.75, 3.05) is 0 Å². The third-order valence-electron chi connectivity index (χ3n) is 1.23. The number of Topliss-reactive ketones (excluding diaryl/α,β-unsaturated/α-hetero) is 1. The molecule has 2 heteroatoms. The van der Waals surface area contributed by atoms with Gasteiger partial charge in [0.25, 0.3) is 0 Å². The SMILES string of the molecule is C=CCC[C@@H](O)CC(C)=O. The van der Waals surface area contributed by atoms with Crippen LogP contribution in [0.5, 0.6) is 0 Å². The summed E-state index contributed by atoms with van der Waals surface area (Å²) in [6.07, 6.45) is 2.95. The summed E-state index contributed by atoms with van der Waals surface area (Å²) < 4.78 is 0. The van der Waals surface area contributed by atoms with Gasteiger partial charge in [0.15, 0.2) is 0 Å². The van der Waals surface area contributed by atoms with Gasteiger partial charge >= 0.3 is 0 Å². The van der Waals surface area contributed by atoms with Crippen LogP contribution in [0.4, 0.5) is 0 Å². The van der Waals surface area contributed by atoms with Crippen LogP contribution in [-0.4, -0.2) is 17.0 Å². The average molecular weight is 142 g/mol. The molecule has 0 fully saturated rings. The fraction of sp³-hybridized carbons (Fsp3) is 0.625. The van der Waals surface area contributed by atoms with Crippen LogP contribution in [0, 0.1) is 0 Å². The normalized spacial score (nSPS) is 12.6. The molecule has 0 aliphatic rings. The zero-order valence-corrected chi connectivity index (χ0v) is 6.34. The minimum atomic E-state index is -0.476. The second-order valence-electron chi connectivity index (χ2n) is 2.43. The van der Waals surface area contributed by atoms with Gasteiger partial charge in [0, 0.05) is 6.42 Å². The minimum absolute atomic E-state index is 0.0385. The molecule has 0 aromatic rings. The van der Waals surface area contributed by atoms with Gasteiger partial charge in [-0.25, -0.2) is 0 Å². The van der Waals surface area contributed by atoms with E-state index in [1.807, 2.05) is 0 Å². The van der Waals surface area contributed by atoms with Crippen molar-refractivity contribution in [1.82, 2.24) is 0 Å². The lowest BCUT2D eigenvalue weighted by Crippen LogP contribution is -2.10. The molecular formula is C8H14O2. The Kier molecular flexibility index (Phi) is 4.85. The second kappa shape index (κ2) is 5.18. The summed E-state index contributed by atoms with van der Waals surface area (Å²) in [6, 6.07) is 0. The van der Waals surface area contributed by atoms with Crippen LogP contribution < -0.4 is 0 Å². The molecule has 0 aliphatic carbocycles. The molecule has 0 amide bonds. The number of hydrogen-bond donors (Lipinski definition) is 1. The average Bonchev–Trinajstić information content (AvgIpc) is 1.82. The highest BCUT2D eigenvalue weighted by atomic mass is 16.3. The van der Waals surface area contributed by atoms with Crippen molar-refractivity contribution < 1.29 is 9.90 Å². The highest BCUT2D eigenvalue weighted by Gasteiger charge is 2.04. The van der Waals surface area contributed by atoms with Crippen molar-refractivity contribution in [3.8, 4) is 0 Å². The van der Waals surface area contributed by atoms with E-state index in [1.54, 1.807) is 6.08 Å². The quantitative estimate of drug-likeness (QED) is 0.587. The molecule has 0 saturated heterocycles. The van der Waals surface area contributed by atoms with E-state index in [1.165, 1.54) is 6.92 Å². The molecule has 0 rings (SSSR count). The Morgan fingerprint density at radius 1 is 1.80 bits per heavy atom. The van der Waals surface area contributed by atoms with Crippen LogP contribution in [0.2, 0.25) is 0 Å². The Balaban J connectivity index is 3.33. The molecule has 2 nitrogen and oxygen atoms in total. The van der Waals surface area contributed by atoms with Gasteiger partial charge in [-0.3, -0.25) is 4.79 Å². The Bertz CT molecular complexity index is 118. The molecule has 0 radical (unpaired) electrons. The van der Waals surface area contributed by atoms with Gasteiger partial charge in [-0.15, -0.1) is 6.58 Å². The summed E-state index contributed by atoms with van der Waals surface area (Å²) in [5.41, 5.74) is 0. The summed E-state index contributed by atoms with van der Waals surface area (Å²) in [5.74, 6) is 0.0385. The summed E-state index contributed by atoms with van der Waals surface area (Å²) in [4.78, 5) is 10.4. The molecule has 1 N–H and O–H groups in total. The van der Waals surface area contributed by atoms with Gasteiger partial charge in [-0.05, 0) is 19.8 Å². The van der Waals surface area contributed by atoms with E-state index in [9.17, 15) is 4.79 Å². The summed E-state index contributed by atoms with van der Waals surface area (Å²) in [6.45, 7) is 5.00. The summed E-state index contributed by atoms with van der Waals surface area (Å²) in [5, 5.41) is 9.08. The molecule has 1 atom stereocenters. The Labute approximate surface area is 61.6 Å². The van der Waals surface area contributed by atoms with Crippen molar-refractivity contribution in [1.29, 1.82) is 0 Å². The first-order valence-corrected chi connectivity index (χ1v) is 3.45. The van der Waals surface area contributed by atoms with Gasteiger partial charge in [-0.1, -0.05) is 6.08 Å². The Morgan fingerprint density at radius 2 is 2.40 bits per heavy atom. The first kappa shape index (κ1) is 9.37. The number of hydrogen-bond acceptors (Lipinski definition) is 2. The van der Waals surface area contributed by atoms with Gasteiger partial charge in [0.1, 0.15) is 5.78 Å². The largest absolute Gasteiger partial charge is 0.393 e. The number of aliphatic hydroxyl groups excluding tert-OH is 1. The third-order valence-corrected chi connectivity index (χ3v) is 1.23. The molecule has 0 aromatic heterocycles. The van der Waals surface area contributed by atoms with E-state index in [-0.39, 0.29) is 12.2 Å². The smallest absolute Gasteiger partial charge is 0.132 e. The van der Waals surface area contributed by atoms with Crippen molar-refractivity contribution in [2.45, 2.75) is 32.3 Å².